The van der Waals surface area contributed by atoms with Gasteiger partial charge in [-0.05, 0) is 0 Å². The fourth-order valence-electron chi connectivity index (χ4n) is 1.31. The van der Waals surface area contributed by atoms with Crippen LogP contribution >= 0.6 is 0 Å². The average molecular weight is 352 g/mol. The molecular weight excluding hydrogens is 346 g/mol. The third-order valence-electron chi connectivity index (χ3n) is 1.99. The summed E-state index contributed by atoms with van der Waals surface area (Å²) in [6.45, 7) is 0. The molecule has 12 nitrogen and oxygen atoms in total. The SMILES string of the molecule is O=C1C(OB(O)O)=C(S(=O)(=O)O)C(=O)C(O)=C1S(=O)(=O)O.[H-].[Li+]. The standard InChI is InChI=1S/C6H5BO12S2.Li.H/c8-1-2(9)6(21(16,17)18)4(19-7(11)12)3(10)5(1)20(13,14)15;;/h8,11-12H,(H,13,14,15)(H,16,17,18);;/q;+1;-1. The third-order valence-corrected chi connectivity index (χ3v) is 3.78. The first-order valence-electron chi connectivity index (χ1n) is 4.53. The Balaban J connectivity index is 0. The van der Waals surface area contributed by atoms with Crippen LogP contribution in [-0.2, 0) is 34.5 Å². The molecule has 1 aliphatic rings. The van der Waals surface area contributed by atoms with Gasteiger partial charge in [-0.3, -0.25) is 18.7 Å². The monoisotopic (exact) mass is 352 g/mol. The van der Waals surface area contributed by atoms with Gasteiger partial charge < -0.3 is 21.2 Å². The second kappa shape index (κ2) is 6.52. The van der Waals surface area contributed by atoms with Crippen molar-refractivity contribution in [1.82, 2.24) is 0 Å². The summed E-state index contributed by atoms with van der Waals surface area (Å²) in [6.07, 6.45) is 0. The van der Waals surface area contributed by atoms with E-state index in [0.717, 1.165) is 0 Å². The first-order valence-corrected chi connectivity index (χ1v) is 7.41. The van der Waals surface area contributed by atoms with Gasteiger partial charge in [0.25, 0.3) is 0 Å². The normalized spacial score (nSPS) is 16.5. The molecule has 0 aromatic carbocycles. The largest absolute Gasteiger partial charge is 1.00 e. The quantitative estimate of drug-likeness (QED) is 0.182. The van der Waals surface area contributed by atoms with Gasteiger partial charge in [0.1, 0.15) is 0 Å². The molecule has 118 valence electrons. The van der Waals surface area contributed by atoms with Crippen LogP contribution in [0.4, 0.5) is 0 Å². The molecule has 0 amide bonds. The van der Waals surface area contributed by atoms with Gasteiger partial charge in [0.2, 0.25) is 11.6 Å². The molecule has 0 spiro atoms. The zero-order chi connectivity index (χ0) is 16.7. The number of hydrogen-bond acceptors (Lipinski definition) is 10. The van der Waals surface area contributed by atoms with Crippen molar-refractivity contribution in [2.45, 2.75) is 0 Å². The summed E-state index contributed by atoms with van der Waals surface area (Å²) in [7, 11) is -13.9. The molecule has 0 radical (unpaired) electrons. The summed E-state index contributed by atoms with van der Waals surface area (Å²) in [5.74, 6) is -7.99. The maximum absolute atomic E-state index is 11.6. The Kier molecular flexibility index (Phi) is 6.17. The van der Waals surface area contributed by atoms with Crippen LogP contribution in [0.3, 0.4) is 0 Å². The van der Waals surface area contributed by atoms with E-state index in [1.165, 1.54) is 0 Å². The van der Waals surface area contributed by atoms with Gasteiger partial charge in [-0.2, -0.15) is 16.8 Å². The van der Waals surface area contributed by atoms with Crippen molar-refractivity contribution in [3.05, 3.63) is 21.3 Å². The maximum Gasteiger partial charge on any atom is 1.00 e. The van der Waals surface area contributed by atoms with Gasteiger partial charge in [-0.25, -0.2) is 0 Å². The van der Waals surface area contributed by atoms with Crippen LogP contribution in [0.2, 0.25) is 0 Å². The van der Waals surface area contributed by atoms with Gasteiger partial charge in [-0.1, -0.05) is 0 Å². The molecule has 1 aliphatic carbocycles. The number of carbonyl (C=O) groups is 2. The number of Topliss-reactive ketones (excluding diaryl/α,β-unsaturated/α-hetero) is 2. The molecular formula is C6H6BLiO12S2. The van der Waals surface area contributed by atoms with E-state index >= 15 is 0 Å². The molecule has 0 unspecified atom stereocenters. The van der Waals surface area contributed by atoms with Crippen LogP contribution in [0.15, 0.2) is 21.3 Å². The molecule has 0 saturated carbocycles. The number of ketones is 2. The molecule has 0 aromatic heterocycles. The average Bonchev–Trinajstić information content (AvgIpc) is 2.21. The van der Waals surface area contributed by atoms with E-state index in [1.54, 1.807) is 0 Å². The van der Waals surface area contributed by atoms with E-state index in [1.807, 2.05) is 0 Å². The third kappa shape index (κ3) is 3.97. The predicted molar refractivity (Wildman–Crippen MR) is 62.2 cm³/mol. The van der Waals surface area contributed by atoms with Gasteiger partial charge in [0.15, 0.2) is 21.3 Å². The van der Waals surface area contributed by atoms with E-state index in [-0.39, 0.29) is 20.3 Å². The summed E-state index contributed by atoms with van der Waals surface area (Å²) in [6, 6.07) is 0. The molecule has 1 rings (SSSR count). The Bertz CT molecular complexity index is 793. The molecule has 0 aliphatic heterocycles. The fourth-order valence-corrected chi connectivity index (χ4v) is 2.68. The van der Waals surface area contributed by atoms with Crippen molar-refractivity contribution < 1.29 is 75.6 Å². The molecule has 0 atom stereocenters. The summed E-state index contributed by atoms with van der Waals surface area (Å²) < 4.78 is 65.1. The molecule has 22 heavy (non-hydrogen) atoms. The number of hydrogen-bond donors (Lipinski definition) is 5. The Morgan fingerprint density at radius 2 is 1.32 bits per heavy atom. The van der Waals surface area contributed by atoms with Gasteiger partial charge in [-0.15, -0.1) is 0 Å². The number of carbonyl (C=O) groups excluding carboxylic acids is 2. The van der Waals surface area contributed by atoms with Crippen molar-refractivity contribution in [2.24, 2.45) is 0 Å². The van der Waals surface area contributed by atoms with Crippen molar-refractivity contribution in [3.63, 3.8) is 0 Å². The van der Waals surface area contributed by atoms with Crippen LogP contribution in [0.1, 0.15) is 1.43 Å². The van der Waals surface area contributed by atoms with Crippen molar-refractivity contribution in [3.8, 4) is 0 Å². The van der Waals surface area contributed by atoms with E-state index < -0.39 is 60.5 Å². The molecule has 0 saturated heterocycles. The van der Waals surface area contributed by atoms with Gasteiger partial charge >= 0.3 is 46.4 Å². The Morgan fingerprint density at radius 3 is 1.64 bits per heavy atom. The molecule has 5 N–H and O–H groups in total. The topological polar surface area (TPSA) is 213 Å². The minimum atomic E-state index is -5.51. The summed E-state index contributed by atoms with van der Waals surface area (Å²) in [4.78, 5) is 19.2. The molecule has 0 aromatic rings. The smallest absolute Gasteiger partial charge is 1.00 e. The van der Waals surface area contributed by atoms with E-state index in [9.17, 15) is 31.5 Å². The second-order valence-electron chi connectivity index (χ2n) is 3.39. The van der Waals surface area contributed by atoms with Crippen molar-refractivity contribution in [1.29, 1.82) is 0 Å². The van der Waals surface area contributed by atoms with Crippen LogP contribution in [-0.4, -0.2) is 60.0 Å². The van der Waals surface area contributed by atoms with Gasteiger partial charge in [0, 0.05) is 0 Å². The predicted octanol–water partition coefficient (Wildman–Crippen LogP) is -6.00. The molecule has 0 fully saturated rings. The summed E-state index contributed by atoms with van der Waals surface area (Å²) in [5.41, 5.74) is 0. The zero-order valence-electron chi connectivity index (χ0n) is 11.5. The first-order chi connectivity index (χ1) is 9.28. The zero-order valence-corrected chi connectivity index (χ0v) is 12.1. The Morgan fingerprint density at radius 1 is 0.909 bits per heavy atom. The van der Waals surface area contributed by atoms with Crippen molar-refractivity contribution in [2.75, 3.05) is 0 Å². The second-order valence-corrected chi connectivity index (χ2v) is 6.11. The number of aliphatic hydroxyl groups excluding tert-OH is 1. The molecule has 0 heterocycles. The minimum absolute atomic E-state index is 0. The summed E-state index contributed by atoms with van der Waals surface area (Å²) in [5, 5.41) is 26.2. The van der Waals surface area contributed by atoms with Gasteiger partial charge in [0.05, 0.1) is 0 Å². The van der Waals surface area contributed by atoms with Crippen LogP contribution in [0.5, 0.6) is 0 Å². The van der Waals surface area contributed by atoms with Crippen LogP contribution in [0, 0.1) is 0 Å². The van der Waals surface area contributed by atoms with E-state index in [0.29, 0.717) is 0 Å². The summed E-state index contributed by atoms with van der Waals surface area (Å²) >= 11 is 0. The number of rotatable bonds is 4. The van der Waals surface area contributed by atoms with E-state index in [4.69, 9.17) is 19.2 Å². The van der Waals surface area contributed by atoms with Crippen LogP contribution < -0.4 is 18.9 Å². The van der Waals surface area contributed by atoms with E-state index in [2.05, 4.69) is 4.65 Å². The maximum atomic E-state index is 11.6. The Labute approximate surface area is 136 Å². The number of allylic oxidation sites excluding steroid dienone is 2. The number of aliphatic hydroxyl groups is 1. The molecule has 0 bridgehead atoms. The fraction of sp³-hybridized carbons (Fsp3) is 0. The minimum Gasteiger partial charge on any atom is -1.00 e. The van der Waals surface area contributed by atoms with Crippen LogP contribution in [0.25, 0.3) is 0 Å². The molecule has 16 heteroatoms. The Hall–Kier alpha value is -1.18. The first kappa shape index (κ1) is 20.8. The van der Waals surface area contributed by atoms with Crippen molar-refractivity contribution >= 4 is 39.1 Å².